The van der Waals surface area contributed by atoms with E-state index in [4.69, 9.17) is 16.0 Å². The van der Waals surface area contributed by atoms with Gasteiger partial charge >= 0.3 is 0 Å². The lowest BCUT2D eigenvalue weighted by Gasteiger charge is -2.06. The smallest absolute Gasteiger partial charge is 0.265 e. The van der Waals surface area contributed by atoms with Crippen LogP contribution in [-0.2, 0) is 0 Å². The number of hydrogen-bond donors (Lipinski definition) is 1. The molecule has 0 spiro atoms. The number of halogens is 1. The van der Waals surface area contributed by atoms with Crippen molar-refractivity contribution in [2.24, 2.45) is 0 Å². The van der Waals surface area contributed by atoms with Crippen LogP contribution in [0.15, 0.2) is 58.3 Å². The van der Waals surface area contributed by atoms with Gasteiger partial charge in [0.25, 0.3) is 5.91 Å². The van der Waals surface area contributed by atoms with E-state index in [0.717, 1.165) is 11.1 Å². The Balaban J connectivity index is 1.63. The fourth-order valence-corrected chi connectivity index (χ4v) is 3.40. The van der Waals surface area contributed by atoms with Gasteiger partial charge in [-0.05, 0) is 54.3 Å². The van der Waals surface area contributed by atoms with E-state index in [0.29, 0.717) is 32.6 Å². The Kier molecular flexibility index (Phi) is 4.03. The number of amides is 1. The van der Waals surface area contributed by atoms with Gasteiger partial charge < -0.3 is 9.73 Å². The first-order chi connectivity index (χ1) is 12.1. The summed E-state index contributed by atoms with van der Waals surface area (Å²) >= 11 is 7.77. The summed E-state index contributed by atoms with van der Waals surface area (Å²) in [6, 6.07) is 14.7. The summed E-state index contributed by atoms with van der Waals surface area (Å²) in [6.45, 7) is 2.01. The first-order valence-corrected chi connectivity index (χ1v) is 8.88. The monoisotopic (exact) mass is 368 g/mol. The minimum absolute atomic E-state index is 0.156. The summed E-state index contributed by atoms with van der Waals surface area (Å²) in [5.41, 5.74) is 3.93. The third-order valence-electron chi connectivity index (χ3n) is 3.75. The molecule has 4 rings (SSSR count). The van der Waals surface area contributed by atoms with Gasteiger partial charge in [-0.3, -0.25) is 4.79 Å². The average molecular weight is 369 g/mol. The van der Waals surface area contributed by atoms with Crippen molar-refractivity contribution in [1.82, 2.24) is 4.98 Å². The fraction of sp³-hybridized carbons (Fsp3) is 0.0526. The van der Waals surface area contributed by atoms with Crippen LogP contribution < -0.4 is 5.32 Å². The molecule has 4 aromatic rings. The molecular weight excluding hydrogens is 356 g/mol. The predicted octanol–water partition coefficient (Wildman–Crippen LogP) is 5.77. The van der Waals surface area contributed by atoms with Crippen LogP contribution >= 0.6 is 22.9 Å². The van der Waals surface area contributed by atoms with E-state index in [-0.39, 0.29) is 5.91 Å². The van der Waals surface area contributed by atoms with Crippen LogP contribution in [-0.4, -0.2) is 10.9 Å². The van der Waals surface area contributed by atoms with E-state index < -0.39 is 0 Å². The SMILES string of the molecule is Cc1ccc2oc(-c3ccc(NC(=O)c4cccs4)cc3Cl)nc2c1. The minimum atomic E-state index is -0.156. The van der Waals surface area contributed by atoms with Crippen LogP contribution in [0.2, 0.25) is 5.02 Å². The Morgan fingerprint density at radius 1 is 1.20 bits per heavy atom. The van der Waals surface area contributed by atoms with Crippen LogP contribution in [0, 0.1) is 6.92 Å². The third kappa shape index (κ3) is 3.16. The van der Waals surface area contributed by atoms with Gasteiger partial charge in [-0.1, -0.05) is 23.7 Å². The molecule has 1 N–H and O–H groups in total. The first-order valence-electron chi connectivity index (χ1n) is 7.62. The lowest BCUT2D eigenvalue weighted by Crippen LogP contribution is -2.09. The first kappa shape index (κ1) is 15.9. The topological polar surface area (TPSA) is 55.1 Å². The highest BCUT2D eigenvalue weighted by atomic mass is 35.5. The minimum Gasteiger partial charge on any atom is -0.436 e. The molecule has 0 atom stereocenters. The number of rotatable bonds is 3. The molecule has 0 aliphatic rings. The van der Waals surface area contributed by atoms with Gasteiger partial charge in [-0.2, -0.15) is 0 Å². The van der Waals surface area contributed by atoms with E-state index in [2.05, 4.69) is 10.3 Å². The number of aromatic nitrogens is 1. The van der Waals surface area contributed by atoms with Gasteiger partial charge in [0.2, 0.25) is 5.89 Å². The summed E-state index contributed by atoms with van der Waals surface area (Å²) in [7, 11) is 0. The van der Waals surface area contributed by atoms with Gasteiger partial charge in [-0.25, -0.2) is 4.98 Å². The molecule has 0 aliphatic carbocycles. The van der Waals surface area contributed by atoms with Crippen molar-refractivity contribution in [3.63, 3.8) is 0 Å². The lowest BCUT2D eigenvalue weighted by atomic mass is 10.2. The number of oxazole rings is 1. The van der Waals surface area contributed by atoms with Crippen LogP contribution in [0.25, 0.3) is 22.6 Å². The molecule has 124 valence electrons. The molecule has 6 heteroatoms. The van der Waals surface area contributed by atoms with E-state index in [9.17, 15) is 4.79 Å². The Bertz CT molecular complexity index is 1070. The second kappa shape index (κ2) is 6.35. The number of thiophene rings is 1. The number of nitrogens with zero attached hydrogens (tertiary/aromatic N) is 1. The molecule has 0 fully saturated rings. The van der Waals surface area contributed by atoms with Crippen molar-refractivity contribution in [3.8, 4) is 11.5 Å². The molecule has 0 saturated heterocycles. The summed E-state index contributed by atoms with van der Waals surface area (Å²) in [4.78, 5) is 17.3. The standard InChI is InChI=1S/C19H13ClN2O2S/c1-11-4-7-16-15(9-11)22-19(24-16)13-6-5-12(10-14(13)20)21-18(23)17-3-2-8-25-17/h2-10H,1H3,(H,21,23). The number of aryl methyl sites for hydroxylation is 1. The second-order valence-electron chi connectivity index (χ2n) is 5.62. The number of hydrogen-bond acceptors (Lipinski definition) is 4. The highest BCUT2D eigenvalue weighted by molar-refractivity contribution is 7.12. The van der Waals surface area contributed by atoms with Crippen LogP contribution in [0.3, 0.4) is 0 Å². The molecule has 0 unspecified atom stereocenters. The predicted molar refractivity (Wildman–Crippen MR) is 101 cm³/mol. The van der Waals surface area contributed by atoms with Crippen molar-refractivity contribution in [2.75, 3.05) is 5.32 Å². The van der Waals surface area contributed by atoms with E-state index >= 15 is 0 Å². The number of benzene rings is 2. The largest absolute Gasteiger partial charge is 0.436 e. The maximum absolute atomic E-state index is 12.1. The number of anilines is 1. The normalized spacial score (nSPS) is 11.0. The van der Waals surface area contributed by atoms with Crippen molar-refractivity contribution in [3.05, 3.63) is 69.4 Å². The molecule has 0 bridgehead atoms. The van der Waals surface area contributed by atoms with Gasteiger partial charge in [0, 0.05) is 5.69 Å². The molecule has 4 nitrogen and oxygen atoms in total. The second-order valence-corrected chi connectivity index (χ2v) is 6.97. The summed E-state index contributed by atoms with van der Waals surface area (Å²) in [5.74, 6) is 0.304. The molecule has 2 heterocycles. The number of carbonyl (C=O) groups is 1. The van der Waals surface area contributed by atoms with Crippen molar-refractivity contribution < 1.29 is 9.21 Å². The molecule has 2 aromatic heterocycles. The van der Waals surface area contributed by atoms with Crippen molar-refractivity contribution in [1.29, 1.82) is 0 Å². The van der Waals surface area contributed by atoms with Crippen molar-refractivity contribution in [2.45, 2.75) is 6.92 Å². The molecule has 0 saturated carbocycles. The third-order valence-corrected chi connectivity index (χ3v) is 4.93. The van der Waals surface area contributed by atoms with Gasteiger partial charge in [0.15, 0.2) is 5.58 Å². The zero-order valence-electron chi connectivity index (χ0n) is 13.2. The molecule has 1 amide bonds. The maximum atomic E-state index is 12.1. The Labute approximate surface area is 153 Å². The van der Waals surface area contributed by atoms with E-state index in [1.807, 2.05) is 36.6 Å². The van der Waals surface area contributed by atoms with Crippen molar-refractivity contribution >= 4 is 45.6 Å². The maximum Gasteiger partial charge on any atom is 0.265 e. The summed E-state index contributed by atoms with van der Waals surface area (Å²) in [6.07, 6.45) is 0. The van der Waals surface area contributed by atoms with E-state index in [1.54, 1.807) is 24.3 Å². The van der Waals surface area contributed by atoms with Gasteiger partial charge in [0.05, 0.1) is 15.5 Å². The van der Waals surface area contributed by atoms with Crippen LogP contribution in [0.1, 0.15) is 15.2 Å². The molecule has 25 heavy (non-hydrogen) atoms. The lowest BCUT2D eigenvalue weighted by molar-refractivity contribution is 0.103. The molecule has 0 aliphatic heterocycles. The zero-order valence-corrected chi connectivity index (χ0v) is 14.8. The average Bonchev–Trinajstić information content (AvgIpc) is 3.24. The quantitative estimate of drug-likeness (QED) is 0.499. The fourth-order valence-electron chi connectivity index (χ4n) is 2.52. The highest BCUT2D eigenvalue weighted by Gasteiger charge is 2.14. The van der Waals surface area contributed by atoms with Crippen LogP contribution in [0.5, 0.6) is 0 Å². The van der Waals surface area contributed by atoms with E-state index in [1.165, 1.54) is 11.3 Å². The Hall–Kier alpha value is -2.63. The zero-order chi connectivity index (χ0) is 17.4. The van der Waals surface area contributed by atoms with Gasteiger partial charge in [0.1, 0.15) is 5.52 Å². The highest BCUT2D eigenvalue weighted by Crippen LogP contribution is 2.32. The van der Waals surface area contributed by atoms with Crippen LogP contribution in [0.4, 0.5) is 5.69 Å². The Morgan fingerprint density at radius 2 is 2.08 bits per heavy atom. The van der Waals surface area contributed by atoms with Gasteiger partial charge in [-0.15, -0.1) is 11.3 Å². The Morgan fingerprint density at radius 3 is 2.84 bits per heavy atom. The molecular formula is C19H13ClN2O2S. The molecule has 0 radical (unpaired) electrons. The number of fused-ring (bicyclic) bond motifs is 1. The molecule has 2 aromatic carbocycles. The summed E-state index contributed by atoms with van der Waals surface area (Å²) in [5, 5.41) is 5.16. The number of carbonyl (C=O) groups excluding carboxylic acids is 1. The summed E-state index contributed by atoms with van der Waals surface area (Å²) < 4.78 is 5.79. The number of nitrogens with one attached hydrogen (secondary N) is 1.